The van der Waals surface area contributed by atoms with Gasteiger partial charge in [0.25, 0.3) is 0 Å². The molecule has 0 saturated carbocycles. The van der Waals surface area contributed by atoms with Crippen LogP contribution in [0.5, 0.6) is 0 Å². The molecule has 2 nitrogen and oxygen atoms in total. The van der Waals surface area contributed by atoms with Crippen LogP contribution in [0.2, 0.25) is 0 Å². The zero-order chi connectivity index (χ0) is 6.85. The van der Waals surface area contributed by atoms with Gasteiger partial charge in [-0.15, -0.1) is 0 Å². The van der Waals surface area contributed by atoms with E-state index in [0.717, 1.165) is 5.88 Å². The van der Waals surface area contributed by atoms with Crippen LogP contribution in [0, 0.1) is 5.92 Å². The Hall–Kier alpha value is -0.180. The number of thioether (sulfide) groups is 1. The van der Waals surface area contributed by atoms with Crippen molar-refractivity contribution < 1.29 is 0 Å². The first-order chi connectivity index (χ1) is 4.20. The predicted octanol–water partition coefficient (Wildman–Crippen LogP) is 1.59. The molecule has 0 aromatic rings. The molecule has 1 aliphatic heterocycles. The average molecular weight is 144 g/mol. The summed E-state index contributed by atoms with van der Waals surface area (Å²) in [6.07, 6.45) is 0. The van der Waals surface area contributed by atoms with E-state index in [-0.39, 0.29) is 0 Å². The molecule has 0 aliphatic carbocycles. The van der Waals surface area contributed by atoms with Gasteiger partial charge in [0.15, 0.2) is 0 Å². The fraction of sp³-hybridized carbons (Fsp3) is 0.833. The highest BCUT2D eigenvalue weighted by atomic mass is 32.2. The molecule has 0 aromatic carbocycles. The van der Waals surface area contributed by atoms with Crippen molar-refractivity contribution in [3.05, 3.63) is 0 Å². The summed E-state index contributed by atoms with van der Waals surface area (Å²) in [7, 11) is 2.00. The van der Waals surface area contributed by atoms with Crippen molar-refractivity contribution in [1.29, 1.82) is 0 Å². The second kappa shape index (κ2) is 2.60. The maximum Gasteiger partial charge on any atom is 0.0977 e. The summed E-state index contributed by atoms with van der Waals surface area (Å²) in [5, 5.41) is 7.53. The van der Waals surface area contributed by atoms with Crippen LogP contribution in [-0.4, -0.2) is 23.0 Å². The molecule has 0 radical (unpaired) electrons. The van der Waals surface area contributed by atoms with Crippen molar-refractivity contribution in [2.45, 2.75) is 13.8 Å². The van der Waals surface area contributed by atoms with E-state index < -0.39 is 0 Å². The highest BCUT2D eigenvalue weighted by Crippen LogP contribution is 2.20. The van der Waals surface area contributed by atoms with Gasteiger partial charge in [0.05, 0.1) is 10.9 Å². The summed E-state index contributed by atoms with van der Waals surface area (Å²) >= 11 is 1.83. The second-order valence-corrected chi connectivity index (χ2v) is 3.49. The molecule has 0 amide bonds. The Bertz CT molecular complexity index is 131. The quantitative estimate of drug-likeness (QED) is 0.555. The van der Waals surface area contributed by atoms with Crippen LogP contribution in [0.1, 0.15) is 13.8 Å². The molecule has 0 unspecified atom stereocenters. The number of rotatable bonds is 1. The molecule has 1 heterocycles. The minimum Gasteiger partial charge on any atom is -0.289 e. The Labute approximate surface area is 60.3 Å². The third kappa shape index (κ3) is 1.61. The van der Waals surface area contributed by atoms with Crippen molar-refractivity contribution in [2.75, 3.05) is 12.9 Å². The van der Waals surface area contributed by atoms with E-state index in [1.54, 1.807) is 0 Å². The fourth-order valence-electron chi connectivity index (χ4n) is 0.668. The summed E-state index contributed by atoms with van der Waals surface area (Å²) in [6, 6.07) is 0. The van der Waals surface area contributed by atoms with E-state index in [9.17, 15) is 0 Å². The molecule has 0 fully saturated rings. The average Bonchev–Trinajstić information content (AvgIpc) is 2.14. The van der Waals surface area contributed by atoms with Gasteiger partial charge in [0, 0.05) is 13.0 Å². The highest BCUT2D eigenvalue weighted by molar-refractivity contribution is 8.14. The lowest BCUT2D eigenvalue weighted by molar-refractivity contribution is 0.427. The second-order valence-electron chi connectivity index (χ2n) is 2.52. The van der Waals surface area contributed by atoms with Crippen LogP contribution in [0.3, 0.4) is 0 Å². The van der Waals surface area contributed by atoms with Crippen molar-refractivity contribution in [1.82, 2.24) is 5.01 Å². The summed E-state index contributed by atoms with van der Waals surface area (Å²) in [5.41, 5.74) is 0. The lowest BCUT2D eigenvalue weighted by Crippen LogP contribution is -2.03. The van der Waals surface area contributed by atoms with Gasteiger partial charge in [-0.2, -0.15) is 5.10 Å². The number of nitrogens with zero attached hydrogens (tertiary/aromatic N) is 2. The first-order valence-corrected chi connectivity index (χ1v) is 4.11. The standard InChI is InChI=1S/C6H12N2S/c1-5(2)6-7-8(3)4-9-6/h5H,4H2,1-3H3. The van der Waals surface area contributed by atoms with E-state index in [0.29, 0.717) is 5.92 Å². The highest BCUT2D eigenvalue weighted by Gasteiger charge is 2.13. The Morgan fingerprint density at radius 3 is 2.56 bits per heavy atom. The minimum absolute atomic E-state index is 0.597. The predicted molar refractivity (Wildman–Crippen MR) is 42.5 cm³/mol. The van der Waals surface area contributed by atoms with Crippen molar-refractivity contribution in [3.63, 3.8) is 0 Å². The van der Waals surface area contributed by atoms with E-state index in [1.807, 2.05) is 23.8 Å². The minimum atomic E-state index is 0.597. The summed E-state index contributed by atoms with van der Waals surface area (Å²) in [4.78, 5) is 0. The third-order valence-electron chi connectivity index (χ3n) is 1.16. The number of hydrazone groups is 1. The maximum absolute atomic E-state index is 4.30. The van der Waals surface area contributed by atoms with Gasteiger partial charge < -0.3 is 0 Å². The molecular formula is C6H12N2S. The SMILES string of the molecule is CC(C)C1=NN(C)CS1. The normalized spacial score (nSPS) is 19.1. The molecule has 52 valence electrons. The van der Waals surface area contributed by atoms with Crippen molar-refractivity contribution in [3.8, 4) is 0 Å². The fourth-order valence-corrected chi connectivity index (χ4v) is 1.57. The van der Waals surface area contributed by atoms with Gasteiger partial charge in [-0.25, -0.2) is 0 Å². The monoisotopic (exact) mass is 144 g/mol. The maximum atomic E-state index is 4.30. The van der Waals surface area contributed by atoms with Crippen molar-refractivity contribution >= 4 is 16.8 Å². The lowest BCUT2D eigenvalue weighted by Gasteiger charge is -2.00. The molecule has 0 saturated heterocycles. The summed E-state index contributed by atoms with van der Waals surface area (Å²) in [5.74, 6) is 1.62. The first-order valence-electron chi connectivity index (χ1n) is 3.12. The zero-order valence-electron chi connectivity index (χ0n) is 6.09. The molecule has 0 N–H and O–H groups in total. The van der Waals surface area contributed by atoms with Crippen LogP contribution in [0.25, 0.3) is 0 Å². The number of hydrogen-bond acceptors (Lipinski definition) is 3. The van der Waals surface area contributed by atoms with E-state index >= 15 is 0 Å². The van der Waals surface area contributed by atoms with Crippen LogP contribution in [0.15, 0.2) is 5.10 Å². The molecule has 3 heteroatoms. The molecule has 0 atom stereocenters. The van der Waals surface area contributed by atoms with Crippen LogP contribution in [0.4, 0.5) is 0 Å². The Morgan fingerprint density at radius 1 is 1.67 bits per heavy atom. The van der Waals surface area contributed by atoms with Gasteiger partial charge in [-0.05, 0) is 0 Å². The van der Waals surface area contributed by atoms with Crippen LogP contribution in [-0.2, 0) is 0 Å². The largest absolute Gasteiger partial charge is 0.289 e. The summed E-state index contributed by atoms with van der Waals surface area (Å²) < 4.78 is 0. The van der Waals surface area contributed by atoms with Gasteiger partial charge >= 0.3 is 0 Å². The first kappa shape index (κ1) is 6.93. The van der Waals surface area contributed by atoms with Crippen LogP contribution >= 0.6 is 11.8 Å². The Kier molecular flexibility index (Phi) is 2.01. The van der Waals surface area contributed by atoms with Crippen molar-refractivity contribution in [2.24, 2.45) is 11.0 Å². The Morgan fingerprint density at radius 2 is 2.33 bits per heavy atom. The molecular weight excluding hydrogens is 132 g/mol. The van der Waals surface area contributed by atoms with E-state index in [1.165, 1.54) is 5.04 Å². The third-order valence-corrected chi connectivity index (χ3v) is 2.51. The van der Waals surface area contributed by atoms with E-state index in [4.69, 9.17) is 0 Å². The van der Waals surface area contributed by atoms with Gasteiger partial charge in [-0.3, -0.25) is 5.01 Å². The lowest BCUT2D eigenvalue weighted by atomic mass is 10.2. The molecule has 1 rings (SSSR count). The topological polar surface area (TPSA) is 15.6 Å². The summed E-state index contributed by atoms with van der Waals surface area (Å²) in [6.45, 7) is 4.34. The zero-order valence-corrected chi connectivity index (χ0v) is 6.90. The van der Waals surface area contributed by atoms with Gasteiger partial charge in [0.2, 0.25) is 0 Å². The smallest absolute Gasteiger partial charge is 0.0977 e. The van der Waals surface area contributed by atoms with Gasteiger partial charge in [-0.1, -0.05) is 25.6 Å². The van der Waals surface area contributed by atoms with Crippen LogP contribution < -0.4 is 0 Å². The number of hydrogen-bond donors (Lipinski definition) is 0. The van der Waals surface area contributed by atoms with E-state index in [2.05, 4.69) is 18.9 Å². The molecule has 1 aliphatic rings. The molecule has 9 heavy (non-hydrogen) atoms. The molecule has 0 bridgehead atoms. The Balaban J connectivity index is 2.52. The molecule has 0 spiro atoms. The molecule has 0 aromatic heterocycles. The van der Waals surface area contributed by atoms with Gasteiger partial charge in [0.1, 0.15) is 0 Å².